The van der Waals surface area contributed by atoms with Gasteiger partial charge in [0.1, 0.15) is 6.10 Å². The molecule has 1 amide bonds. The highest BCUT2D eigenvalue weighted by atomic mass is 16.5. The minimum atomic E-state index is -0.699. The highest BCUT2D eigenvalue weighted by molar-refractivity contribution is 5.77. The van der Waals surface area contributed by atoms with E-state index in [2.05, 4.69) is 5.32 Å². The number of piperidine rings is 1. The van der Waals surface area contributed by atoms with Crippen molar-refractivity contribution in [3.8, 4) is 0 Å². The highest BCUT2D eigenvalue weighted by Crippen LogP contribution is 2.08. The molecule has 0 spiro atoms. The number of carbonyl (C=O) groups is 1. The van der Waals surface area contributed by atoms with Crippen molar-refractivity contribution in [3.05, 3.63) is 0 Å². The predicted octanol–water partition coefficient (Wildman–Crippen LogP) is 0.101. The maximum Gasteiger partial charge on any atom is 0.222 e. The molecule has 2 unspecified atom stereocenters. The molecule has 1 rings (SSSR count). The SMILES string of the molecule is CC([O])COC1CCNC(=O)C1. The average molecular weight is 172 g/mol. The third-order valence-electron chi connectivity index (χ3n) is 1.77. The molecule has 4 nitrogen and oxygen atoms in total. The first-order valence-corrected chi connectivity index (χ1v) is 4.22. The number of amides is 1. The molecule has 2 atom stereocenters. The van der Waals surface area contributed by atoms with Crippen LogP contribution < -0.4 is 5.32 Å². The third-order valence-corrected chi connectivity index (χ3v) is 1.77. The number of hydrogen-bond acceptors (Lipinski definition) is 2. The van der Waals surface area contributed by atoms with E-state index in [0.29, 0.717) is 13.0 Å². The van der Waals surface area contributed by atoms with Gasteiger partial charge < -0.3 is 10.1 Å². The lowest BCUT2D eigenvalue weighted by atomic mass is 10.1. The smallest absolute Gasteiger partial charge is 0.222 e. The molecule has 69 valence electrons. The van der Waals surface area contributed by atoms with Gasteiger partial charge >= 0.3 is 0 Å². The Labute approximate surface area is 71.9 Å². The van der Waals surface area contributed by atoms with E-state index in [1.807, 2.05) is 0 Å². The van der Waals surface area contributed by atoms with Crippen LogP contribution in [0, 0.1) is 0 Å². The van der Waals surface area contributed by atoms with Crippen molar-refractivity contribution < 1.29 is 14.6 Å². The average Bonchev–Trinajstić information content (AvgIpc) is 2.01. The van der Waals surface area contributed by atoms with Crippen molar-refractivity contribution in [2.24, 2.45) is 0 Å². The van der Waals surface area contributed by atoms with Gasteiger partial charge in [0.15, 0.2) is 0 Å². The first kappa shape index (κ1) is 9.48. The second kappa shape index (κ2) is 4.42. The van der Waals surface area contributed by atoms with Crippen molar-refractivity contribution in [2.45, 2.75) is 32.0 Å². The lowest BCUT2D eigenvalue weighted by molar-refractivity contribution is -0.128. The van der Waals surface area contributed by atoms with E-state index in [1.165, 1.54) is 0 Å². The summed E-state index contributed by atoms with van der Waals surface area (Å²) < 4.78 is 5.24. The molecule has 1 fully saturated rings. The van der Waals surface area contributed by atoms with Gasteiger partial charge in [0.05, 0.1) is 19.1 Å². The lowest BCUT2D eigenvalue weighted by Gasteiger charge is -2.22. The molecule has 1 aliphatic heterocycles. The van der Waals surface area contributed by atoms with Gasteiger partial charge in [-0.3, -0.25) is 4.79 Å². The number of carbonyl (C=O) groups excluding carboxylic acids is 1. The van der Waals surface area contributed by atoms with Crippen molar-refractivity contribution >= 4 is 5.91 Å². The quantitative estimate of drug-likeness (QED) is 0.656. The zero-order valence-electron chi connectivity index (χ0n) is 7.21. The van der Waals surface area contributed by atoms with E-state index < -0.39 is 6.10 Å². The molecule has 1 radical (unpaired) electrons. The lowest BCUT2D eigenvalue weighted by Crippen LogP contribution is -2.38. The molecule has 0 saturated carbocycles. The van der Waals surface area contributed by atoms with Gasteiger partial charge in [-0.25, -0.2) is 5.11 Å². The monoisotopic (exact) mass is 172 g/mol. The summed E-state index contributed by atoms with van der Waals surface area (Å²) in [6.45, 7) is 2.43. The maximum atomic E-state index is 10.8. The largest absolute Gasteiger partial charge is 0.375 e. The van der Waals surface area contributed by atoms with Crippen LogP contribution in [0.4, 0.5) is 0 Å². The molecule has 0 aromatic carbocycles. The summed E-state index contributed by atoms with van der Waals surface area (Å²) in [7, 11) is 0. The molecule has 1 heterocycles. The van der Waals surface area contributed by atoms with Crippen molar-refractivity contribution in [3.63, 3.8) is 0 Å². The van der Waals surface area contributed by atoms with Crippen LogP contribution in [-0.2, 0) is 14.6 Å². The zero-order valence-corrected chi connectivity index (χ0v) is 7.21. The molecule has 0 aromatic heterocycles. The summed E-state index contributed by atoms with van der Waals surface area (Å²) in [6, 6.07) is 0. The Kier molecular flexibility index (Phi) is 3.49. The normalized spacial score (nSPS) is 26.5. The minimum absolute atomic E-state index is 0.0183. The number of nitrogens with one attached hydrogen (secondary N) is 1. The standard InChI is InChI=1S/C8H14NO3/c1-6(10)5-12-7-2-3-9-8(11)4-7/h6-7H,2-5H2,1H3,(H,9,11). The van der Waals surface area contributed by atoms with Crippen LogP contribution in [0.25, 0.3) is 0 Å². The van der Waals surface area contributed by atoms with Gasteiger partial charge in [0, 0.05) is 6.54 Å². The second-order valence-corrected chi connectivity index (χ2v) is 3.11. The molecule has 1 aliphatic rings. The summed E-state index contributed by atoms with van der Waals surface area (Å²) in [6.07, 6.45) is 0.468. The number of rotatable bonds is 3. The Morgan fingerprint density at radius 3 is 3.08 bits per heavy atom. The molecule has 4 heteroatoms. The van der Waals surface area contributed by atoms with Crippen LogP contribution in [-0.4, -0.2) is 31.3 Å². The van der Waals surface area contributed by atoms with Gasteiger partial charge in [0.2, 0.25) is 5.91 Å². The molecule has 12 heavy (non-hydrogen) atoms. The zero-order chi connectivity index (χ0) is 8.97. The summed E-state index contributed by atoms with van der Waals surface area (Å²) in [4.78, 5) is 10.8. The van der Waals surface area contributed by atoms with Crippen LogP contribution in [0.15, 0.2) is 0 Å². The Morgan fingerprint density at radius 2 is 2.50 bits per heavy atom. The first-order chi connectivity index (χ1) is 5.68. The second-order valence-electron chi connectivity index (χ2n) is 3.11. The van der Waals surface area contributed by atoms with Crippen LogP contribution in [0.2, 0.25) is 0 Å². The Balaban J connectivity index is 2.18. The van der Waals surface area contributed by atoms with Crippen LogP contribution >= 0.6 is 0 Å². The topological polar surface area (TPSA) is 58.2 Å². The summed E-state index contributed by atoms with van der Waals surface area (Å²) >= 11 is 0. The Morgan fingerprint density at radius 1 is 1.75 bits per heavy atom. The first-order valence-electron chi connectivity index (χ1n) is 4.22. The van der Waals surface area contributed by atoms with Gasteiger partial charge in [-0.05, 0) is 13.3 Å². The molecule has 1 saturated heterocycles. The van der Waals surface area contributed by atoms with Gasteiger partial charge in [-0.1, -0.05) is 0 Å². The van der Waals surface area contributed by atoms with Crippen LogP contribution in [0.5, 0.6) is 0 Å². The summed E-state index contributed by atoms with van der Waals surface area (Å²) in [5, 5.41) is 13.3. The predicted molar refractivity (Wildman–Crippen MR) is 42.1 cm³/mol. The molecule has 1 N–H and O–H groups in total. The van der Waals surface area contributed by atoms with Gasteiger partial charge in [0.25, 0.3) is 0 Å². The molecule has 0 aromatic rings. The molecule has 0 bridgehead atoms. The fraction of sp³-hybridized carbons (Fsp3) is 0.875. The van der Waals surface area contributed by atoms with Gasteiger partial charge in [-0.2, -0.15) is 0 Å². The summed E-state index contributed by atoms with van der Waals surface area (Å²) in [5.41, 5.74) is 0. The van der Waals surface area contributed by atoms with E-state index in [4.69, 9.17) is 4.74 Å². The van der Waals surface area contributed by atoms with Crippen LogP contribution in [0.1, 0.15) is 19.8 Å². The Hall–Kier alpha value is -0.610. The molecule has 0 aliphatic carbocycles. The van der Waals surface area contributed by atoms with E-state index in [-0.39, 0.29) is 18.6 Å². The molecular weight excluding hydrogens is 158 g/mol. The van der Waals surface area contributed by atoms with E-state index in [0.717, 1.165) is 6.42 Å². The van der Waals surface area contributed by atoms with E-state index in [9.17, 15) is 9.90 Å². The van der Waals surface area contributed by atoms with Crippen molar-refractivity contribution in [2.75, 3.05) is 13.2 Å². The van der Waals surface area contributed by atoms with Crippen molar-refractivity contribution in [1.82, 2.24) is 5.32 Å². The third kappa shape index (κ3) is 3.19. The van der Waals surface area contributed by atoms with E-state index >= 15 is 0 Å². The van der Waals surface area contributed by atoms with Crippen molar-refractivity contribution in [1.29, 1.82) is 0 Å². The van der Waals surface area contributed by atoms with Crippen LogP contribution in [0.3, 0.4) is 0 Å². The number of ether oxygens (including phenoxy) is 1. The molecular formula is C8H14NO3. The van der Waals surface area contributed by atoms with Gasteiger partial charge in [-0.15, -0.1) is 0 Å². The highest BCUT2D eigenvalue weighted by Gasteiger charge is 2.19. The maximum absolute atomic E-state index is 10.8. The minimum Gasteiger partial charge on any atom is -0.375 e. The Bertz CT molecular complexity index is 158. The summed E-state index contributed by atoms with van der Waals surface area (Å²) in [5.74, 6) is 0.0183. The fourth-order valence-electron chi connectivity index (χ4n) is 1.17. The fourth-order valence-corrected chi connectivity index (χ4v) is 1.17. The van der Waals surface area contributed by atoms with E-state index in [1.54, 1.807) is 6.92 Å². The number of hydrogen-bond donors (Lipinski definition) is 1.